The van der Waals surface area contributed by atoms with Crippen LogP contribution in [0.15, 0.2) is 29.7 Å². The van der Waals surface area contributed by atoms with E-state index in [-0.39, 0.29) is 29.4 Å². The van der Waals surface area contributed by atoms with Crippen molar-refractivity contribution in [2.24, 2.45) is 11.3 Å². The van der Waals surface area contributed by atoms with Crippen LogP contribution in [0.3, 0.4) is 0 Å². The summed E-state index contributed by atoms with van der Waals surface area (Å²) in [4.78, 5) is 0. The fourth-order valence-corrected chi connectivity index (χ4v) is 3.92. The van der Waals surface area contributed by atoms with Gasteiger partial charge in [0.1, 0.15) is 0 Å². The highest BCUT2D eigenvalue weighted by Crippen LogP contribution is 2.31. The molecule has 1 aliphatic rings. The molecule has 1 fully saturated rings. The number of hydrogen-bond donors (Lipinski definition) is 0. The van der Waals surface area contributed by atoms with Crippen molar-refractivity contribution in [1.82, 2.24) is 0 Å². The van der Waals surface area contributed by atoms with Gasteiger partial charge in [-0.05, 0) is 53.9 Å². The van der Waals surface area contributed by atoms with Gasteiger partial charge in [0.05, 0.1) is 25.6 Å². The van der Waals surface area contributed by atoms with Crippen LogP contribution in [-0.4, -0.2) is 34.0 Å². The second-order valence-electron chi connectivity index (χ2n) is 8.62. The van der Waals surface area contributed by atoms with Gasteiger partial charge in [-0.25, -0.2) is 12.8 Å². The number of hydrogen-bond acceptors (Lipinski definition) is 4. The van der Waals surface area contributed by atoms with Gasteiger partial charge in [0.15, 0.2) is 21.4 Å². The molecule has 1 saturated carbocycles. The van der Waals surface area contributed by atoms with Crippen molar-refractivity contribution in [1.29, 1.82) is 0 Å². The number of halogens is 1. The molecule has 152 valence electrons. The summed E-state index contributed by atoms with van der Waals surface area (Å²) < 4.78 is 49.5. The van der Waals surface area contributed by atoms with Crippen LogP contribution in [0.4, 0.5) is 4.39 Å². The first-order valence-electron chi connectivity index (χ1n) is 9.45. The van der Waals surface area contributed by atoms with Crippen LogP contribution in [0, 0.1) is 17.2 Å². The Balaban J connectivity index is 1.90. The molecule has 1 aromatic rings. The predicted molar refractivity (Wildman–Crippen MR) is 106 cm³/mol. The van der Waals surface area contributed by atoms with E-state index in [2.05, 4.69) is 20.8 Å². The van der Waals surface area contributed by atoms with E-state index in [1.165, 1.54) is 17.6 Å². The summed E-state index contributed by atoms with van der Waals surface area (Å²) in [7, 11) is -3.38. The molecule has 0 N–H and O–H groups in total. The molecule has 1 atom stereocenters. The normalized spacial score (nSPS) is 16.6. The van der Waals surface area contributed by atoms with Gasteiger partial charge < -0.3 is 9.47 Å². The van der Waals surface area contributed by atoms with Crippen molar-refractivity contribution in [3.8, 4) is 5.75 Å². The largest absolute Gasteiger partial charge is 0.490 e. The van der Waals surface area contributed by atoms with Crippen molar-refractivity contribution >= 4 is 9.84 Å². The fourth-order valence-electron chi connectivity index (χ4n) is 2.55. The minimum atomic E-state index is -3.38. The van der Waals surface area contributed by atoms with Crippen molar-refractivity contribution in [2.45, 2.75) is 46.5 Å². The Morgan fingerprint density at radius 2 is 2.00 bits per heavy atom. The summed E-state index contributed by atoms with van der Waals surface area (Å²) in [5.74, 6) is 0.00634. The number of sulfone groups is 1. The van der Waals surface area contributed by atoms with Gasteiger partial charge in [0.2, 0.25) is 0 Å². The molecular formula is C21H31FO4S. The second-order valence-corrected chi connectivity index (χ2v) is 10.6. The van der Waals surface area contributed by atoms with Crippen molar-refractivity contribution in [3.05, 3.63) is 41.1 Å². The van der Waals surface area contributed by atoms with E-state index in [0.29, 0.717) is 19.1 Å². The molecule has 6 heteroatoms. The van der Waals surface area contributed by atoms with E-state index in [9.17, 15) is 12.8 Å². The molecule has 0 spiro atoms. The van der Waals surface area contributed by atoms with Gasteiger partial charge in [-0.15, -0.1) is 0 Å². The minimum Gasteiger partial charge on any atom is -0.490 e. The van der Waals surface area contributed by atoms with Crippen LogP contribution in [-0.2, 0) is 14.6 Å². The molecule has 1 aromatic carbocycles. The molecule has 1 unspecified atom stereocenters. The zero-order valence-corrected chi connectivity index (χ0v) is 17.5. The molecule has 27 heavy (non-hydrogen) atoms. The molecule has 0 amide bonds. The van der Waals surface area contributed by atoms with Gasteiger partial charge in [0, 0.05) is 5.41 Å². The maximum Gasteiger partial charge on any atom is 0.171 e. The van der Waals surface area contributed by atoms with E-state index in [4.69, 9.17) is 9.47 Å². The number of rotatable bonds is 10. The number of benzene rings is 1. The molecule has 0 radical (unpaired) electrons. The van der Waals surface area contributed by atoms with E-state index in [0.717, 1.165) is 18.4 Å². The molecule has 0 saturated heterocycles. The third-order valence-electron chi connectivity index (χ3n) is 4.23. The summed E-state index contributed by atoms with van der Waals surface area (Å²) >= 11 is 0. The van der Waals surface area contributed by atoms with Gasteiger partial charge >= 0.3 is 0 Å². The van der Waals surface area contributed by atoms with Crippen molar-refractivity contribution in [3.63, 3.8) is 0 Å². The first-order valence-corrected chi connectivity index (χ1v) is 11.2. The summed E-state index contributed by atoms with van der Waals surface area (Å²) in [6, 6.07) is 4.58. The monoisotopic (exact) mass is 398 g/mol. The first kappa shape index (κ1) is 21.9. The molecule has 4 nitrogen and oxygen atoms in total. The van der Waals surface area contributed by atoms with Gasteiger partial charge in [0.25, 0.3) is 0 Å². The average Bonchev–Trinajstić information content (AvgIpc) is 3.36. The lowest BCUT2D eigenvalue weighted by Crippen LogP contribution is -2.14. The third-order valence-corrected chi connectivity index (χ3v) is 5.80. The second kappa shape index (κ2) is 9.20. The average molecular weight is 399 g/mol. The maximum atomic E-state index is 13.9. The summed E-state index contributed by atoms with van der Waals surface area (Å²) in [6.45, 7) is 9.33. The van der Waals surface area contributed by atoms with E-state index in [1.54, 1.807) is 12.1 Å². The van der Waals surface area contributed by atoms with Crippen LogP contribution in [0.5, 0.6) is 5.75 Å². The number of ether oxygens (including phenoxy) is 2. The smallest absolute Gasteiger partial charge is 0.171 e. The lowest BCUT2D eigenvalue weighted by Gasteiger charge is -2.17. The van der Waals surface area contributed by atoms with Crippen LogP contribution < -0.4 is 4.74 Å². The molecule has 0 heterocycles. The Morgan fingerprint density at radius 3 is 2.63 bits per heavy atom. The summed E-state index contributed by atoms with van der Waals surface area (Å²) in [6.07, 6.45) is 3.78. The van der Waals surface area contributed by atoms with Gasteiger partial charge in [-0.3, -0.25) is 0 Å². The third kappa shape index (κ3) is 8.43. The summed E-state index contributed by atoms with van der Waals surface area (Å²) in [5.41, 5.74) is 0.798. The molecular weight excluding hydrogens is 367 g/mol. The highest BCUT2D eigenvalue weighted by Gasteiger charge is 2.23. The molecule has 0 bridgehead atoms. The maximum absolute atomic E-state index is 13.9. The standard InChI is InChI=1S/C21H31FO4S/c1-16(14-27(23,24)11-5-10-25-15-21(2,3)4)18-8-9-19(22)20(12-18)26-13-17-6-7-17/h5,8-9,11-12,16-17H,6-7,10,13-15H2,1-4H3. The van der Waals surface area contributed by atoms with Crippen LogP contribution >= 0.6 is 0 Å². The van der Waals surface area contributed by atoms with Gasteiger partial charge in [-0.1, -0.05) is 33.8 Å². The van der Waals surface area contributed by atoms with Crippen LogP contribution in [0.1, 0.15) is 52.0 Å². The van der Waals surface area contributed by atoms with Crippen molar-refractivity contribution < 1.29 is 22.3 Å². The lowest BCUT2D eigenvalue weighted by molar-refractivity contribution is 0.0910. The molecule has 2 rings (SSSR count). The van der Waals surface area contributed by atoms with Gasteiger partial charge in [-0.2, -0.15) is 0 Å². The Labute approximate surface area is 162 Å². The molecule has 0 aliphatic heterocycles. The lowest BCUT2D eigenvalue weighted by atomic mass is 9.99. The molecule has 1 aliphatic carbocycles. The SMILES string of the molecule is CC(CS(=O)(=O)C=CCOCC(C)(C)C)c1ccc(F)c(OCC2CC2)c1. The Kier molecular flexibility index (Phi) is 7.46. The zero-order valence-electron chi connectivity index (χ0n) is 16.7. The minimum absolute atomic E-state index is 0.0447. The predicted octanol–water partition coefficient (Wildman–Crippen LogP) is 4.71. The zero-order chi connectivity index (χ0) is 20.1. The molecule has 0 aromatic heterocycles. The highest BCUT2D eigenvalue weighted by atomic mass is 32.2. The fraction of sp³-hybridized carbons (Fsp3) is 0.619. The van der Waals surface area contributed by atoms with E-state index < -0.39 is 15.7 Å². The summed E-state index contributed by atoms with van der Waals surface area (Å²) in [5, 5.41) is 1.21. The first-order chi connectivity index (χ1) is 12.6. The van der Waals surface area contributed by atoms with Crippen molar-refractivity contribution in [2.75, 3.05) is 25.6 Å². The van der Waals surface area contributed by atoms with E-state index in [1.807, 2.05) is 6.92 Å². The van der Waals surface area contributed by atoms with Crippen LogP contribution in [0.25, 0.3) is 0 Å². The topological polar surface area (TPSA) is 52.6 Å². The van der Waals surface area contributed by atoms with Crippen LogP contribution in [0.2, 0.25) is 0 Å². The Bertz CT molecular complexity index is 746. The quantitative estimate of drug-likeness (QED) is 0.536. The Hall–Kier alpha value is -1.40. The Morgan fingerprint density at radius 1 is 1.30 bits per heavy atom. The highest BCUT2D eigenvalue weighted by molar-refractivity contribution is 7.94. The van der Waals surface area contributed by atoms with E-state index >= 15 is 0 Å².